The minimum Gasteiger partial charge on any atom is 0 e. The van der Waals surface area contributed by atoms with Gasteiger partial charge in [0.2, 0.25) is 0 Å². The summed E-state index contributed by atoms with van der Waals surface area (Å²) in [7, 11) is 12.5. The van der Waals surface area contributed by atoms with Gasteiger partial charge in [0.05, 0.1) is 0 Å². The van der Waals surface area contributed by atoms with Crippen LogP contribution in [-0.2, 0) is 0 Å². The summed E-state index contributed by atoms with van der Waals surface area (Å²) in [6, 6.07) is 0. The molecule has 5 heteroatoms. The predicted octanol–water partition coefficient (Wildman–Crippen LogP) is -1.90. The second-order valence-electron chi connectivity index (χ2n) is 0.125. The maximum atomic E-state index is 3.12. The van der Waals surface area contributed by atoms with Crippen LogP contribution in [0.15, 0.2) is 0 Å². The summed E-state index contributed by atoms with van der Waals surface area (Å²) in [5, 5.41) is 0. The van der Waals surface area contributed by atoms with Crippen LogP contribution in [0.25, 0.3) is 0 Å². The molecule has 0 aromatic carbocycles. The molecule has 14 radical (unpaired) electrons. The highest BCUT2D eigenvalue weighted by Gasteiger charge is 1.41. The fourth-order valence-electron chi connectivity index (χ4n) is 0. The van der Waals surface area contributed by atoms with Crippen LogP contribution in [0.2, 0.25) is 0 Å². The SMILES string of the molecule is [Si][Si].[Si][Si][Si]. The largest absolute Gasteiger partial charge is 0 e. The van der Waals surface area contributed by atoms with Crippen molar-refractivity contribution in [3.63, 3.8) is 0 Å². The van der Waals surface area contributed by atoms with Crippen molar-refractivity contribution in [2.75, 3.05) is 0 Å². The van der Waals surface area contributed by atoms with Crippen LogP contribution < -0.4 is 0 Å². The molecule has 5 heavy (non-hydrogen) atoms. The van der Waals surface area contributed by atoms with E-state index in [0.717, 1.165) is 0 Å². The third kappa shape index (κ3) is 41.1. The Labute approximate surface area is 48.0 Å². The van der Waals surface area contributed by atoms with Crippen molar-refractivity contribution < 1.29 is 0 Å². The van der Waals surface area contributed by atoms with Crippen molar-refractivity contribution in [1.29, 1.82) is 0 Å². The van der Waals surface area contributed by atoms with Gasteiger partial charge in [-0.25, -0.2) is 0 Å². The summed E-state index contributed by atoms with van der Waals surface area (Å²) in [6.45, 7) is 0. The van der Waals surface area contributed by atoms with E-state index in [0.29, 0.717) is 8.55 Å². The Morgan fingerprint density at radius 3 is 1.00 bits per heavy atom. The van der Waals surface area contributed by atoms with E-state index in [4.69, 9.17) is 0 Å². The molecule has 0 aliphatic rings. The molecule has 0 saturated heterocycles. The predicted molar refractivity (Wildman–Crippen MR) is 28.8 cm³/mol. The van der Waals surface area contributed by atoms with Gasteiger partial charge in [-0.1, -0.05) is 0 Å². The minimum absolute atomic E-state index is 0.694. The molecule has 0 bridgehead atoms. The summed E-state index contributed by atoms with van der Waals surface area (Å²) in [5.74, 6) is 0. The van der Waals surface area contributed by atoms with Crippen LogP contribution in [0.5, 0.6) is 0 Å². The van der Waals surface area contributed by atoms with E-state index in [-0.39, 0.29) is 0 Å². The summed E-state index contributed by atoms with van der Waals surface area (Å²) >= 11 is 0. The van der Waals surface area contributed by atoms with Crippen LogP contribution in [0.1, 0.15) is 0 Å². The van der Waals surface area contributed by atoms with Gasteiger partial charge in [-0.3, -0.25) is 0 Å². The van der Waals surface area contributed by atoms with E-state index in [1.54, 1.807) is 0 Å². The molecule has 0 heterocycles. The van der Waals surface area contributed by atoms with Crippen molar-refractivity contribution in [1.82, 2.24) is 0 Å². The molecule has 0 saturated carbocycles. The Morgan fingerprint density at radius 1 is 1.00 bits per heavy atom. The van der Waals surface area contributed by atoms with Crippen molar-refractivity contribution >= 4 is 47.6 Å². The fraction of sp³-hybridized carbons (Fsp3) is 0. The summed E-state index contributed by atoms with van der Waals surface area (Å²) < 4.78 is 0. The van der Waals surface area contributed by atoms with Gasteiger partial charge in [0.25, 0.3) is 0 Å². The summed E-state index contributed by atoms with van der Waals surface area (Å²) in [5.41, 5.74) is 0. The van der Waals surface area contributed by atoms with Gasteiger partial charge in [-0.2, -0.15) is 0 Å². The highest BCUT2D eigenvalue weighted by molar-refractivity contribution is 7.17. The topological polar surface area (TPSA) is 0 Å². The fourth-order valence-corrected chi connectivity index (χ4v) is 0. The molecule has 0 rings (SSSR count). The van der Waals surface area contributed by atoms with E-state index in [9.17, 15) is 0 Å². The highest BCUT2D eigenvalue weighted by Crippen LogP contribution is 1.03. The first-order valence-electron chi connectivity index (χ1n) is 0.750. The average molecular weight is 140 g/mol. The van der Waals surface area contributed by atoms with Crippen LogP contribution in [0.4, 0.5) is 0 Å². The minimum atomic E-state index is 0.694. The molecule has 0 spiro atoms. The molecule has 0 amide bonds. The van der Waals surface area contributed by atoms with Gasteiger partial charge in [-0.15, -0.1) is 0 Å². The lowest BCUT2D eigenvalue weighted by molar-refractivity contribution is 4.34. The molecule has 20 valence electrons. The summed E-state index contributed by atoms with van der Waals surface area (Å²) in [6.07, 6.45) is 0. The zero-order chi connectivity index (χ0) is 4.71. The molecule has 0 nitrogen and oxygen atoms in total. The van der Waals surface area contributed by atoms with Crippen LogP contribution in [0, 0.1) is 0 Å². The Hall–Kier alpha value is 1.08. The first-order valence-corrected chi connectivity index (χ1v) is 6.75. The van der Waals surface area contributed by atoms with Crippen molar-refractivity contribution in [3.8, 4) is 0 Å². The standard InChI is InChI=1S/Si3.Si2/c1-3-2;1-2. The summed E-state index contributed by atoms with van der Waals surface area (Å²) in [4.78, 5) is 0. The third-order valence-electron chi connectivity index (χ3n) is 0. The second kappa shape index (κ2) is 19.5. The van der Waals surface area contributed by atoms with Crippen LogP contribution >= 0.6 is 0 Å². The Balaban J connectivity index is 0. The van der Waals surface area contributed by atoms with Gasteiger partial charge in [0, 0.05) is 47.6 Å². The Bertz CT molecular complexity index is 0. The second-order valence-corrected chi connectivity index (χ2v) is 3.38. The maximum Gasteiger partial charge on any atom is 0 e. The molecule has 0 aromatic heterocycles. The first-order chi connectivity index (χ1) is 2.41. The van der Waals surface area contributed by atoms with Crippen molar-refractivity contribution in [3.05, 3.63) is 0 Å². The van der Waals surface area contributed by atoms with Gasteiger partial charge in [-0.05, 0) is 0 Å². The zero-order valence-corrected chi connectivity index (χ0v) is 7.50. The lowest BCUT2D eigenvalue weighted by Gasteiger charge is -1.41. The molecule has 0 aromatic rings. The van der Waals surface area contributed by atoms with E-state index < -0.39 is 0 Å². The molecular weight excluding hydrogens is 140 g/mol. The monoisotopic (exact) mass is 140 g/mol. The average Bonchev–Trinajstić information content (AvgIpc) is 1.46. The van der Waals surface area contributed by atoms with Gasteiger partial charge >= 0.3 is 0 Å². The van der Waals surface area contributed by atoms with Crippen LogP contribution in [-0.4, -0.2) is 47.6 Å². The number of hydrogen-bond donors (Lipinski definition) is 0. The van der Waals surface area contributed by atoms with Gasteiger partial charge in [0.15, 0.2) is 0 Å². The Morgan fingerprint density at radius 2 is 1.00 bits per heavy atom. The normalized spacial score (nSPS) is 4.80. The third-order valence-corrected chi connectivity index (χ3v) is 0. The molecule has 0 aliphatic carbocycles. The quantitative estimate of drug-likeness (QED) is 0.345. The lowest BCUT2D eigenvalue weighted by Crippen LogP contribution is -1.79. The van der Waals surface area contributed by atoms with E-state index in [1.807, 2.05) is 0 Å². The maximum absolute atomic E-state index is 3.12. The van der Waals surface area contributed by atoms with E-state index in [2.05, 4.69) is 39.0 Å². The number of rotatable bonds is 0. The lowest BCUT2D eigenvalue weighted by atomic mass is 26.7. The van der Waals surface area contributed by atoms with E-state index in [1.165, 1.54) is 0 Å². The van der Waals surface area contributed by atoms with Crippen molar-refractivity contribution in [2.45, 2.75) is 0 Å². The molecule has 0 aliphatic heterocycles. The Kier molecular flexibility index (Phi) is 36.8. The molecule has 0 fully saturated rings. The first kappa shape index (κ1) is 9.43. The van der Waals surface area contributed by atoms with Gasteiger partial charge in [0.1, 0.15) is 0 Å². The number of hydrogen-bond acceptors (Lipinski definition) is 0. The van der Waals surface area contributed by atoms with E-state index >= 15 is 0 Å². The molecule has 0 N–H and O–H groups in total. The molecular formula is Si5. The molecule has 0 unspecified atom stereocenters. The highest BCUT2D eigenvalue weighted by atomic mass is 29.5. The zero-order valence-electron chi connectivity index (χ0n) is 2.50. The van der Waals surface area contributed by atoms with Gasteiger partial charge < -0.3 is 0 Å². The smallest absolute Gasteiger partial charge is 0 e. The van der Waals surface area contributed by atoms with Crippen molar-refractivity contribution in [2.24, 2.45) is 0 Å². The molecule has 0 atom stereocenters. The van der Waals surface area contributed by atoms with Crippen LogP contribution in [0.3, 0.4) is 0 Å².